The number of imide groups is 1. The van der Waals surface area contributed by atoms with Crippen LogP contribution in [-0.4, -0.2) is 122 Å². The van der Waals surface area contributed by atoms with E-state index in [9.17, 15) is 66.3 Å². The Hall–Kier alpha value is -5.14. The summed E-state index contributed by atoms with van der Waals surface area (Å²) in [6.07, 6.45) is 17.6. The molecule has 0 spiro atoms. The number of anilines is 1. The van der Waals surface area contributed by atoms with Gasteiger partial charge in [-0.15, -0.1) is 0 Å². The summed E-state index contributed by atoms with van der Waals surface area (Å²) in [4.78, 5) is 38.2. The summed E-state index contributed by atoms with van der Waals surface area (Å²) in [7, 11) is -18.3. The number of rotatable bonds is 24. The normalized spacial score (nSPS) is 17.9. The van der Waals surface area contributed by atoms with Crippen LogP contribution in [0.1, 0.15) is 90.2 Å². The molecule has 2 aromatic rings. The van der Waals surface area contributed by atoms with Gasteiger partial charge in [-0.3, -0.25) is 32.9 Å². The van der Waals surface area contributed by atoms with Crippen molar-refractivity contribution in [3.63, 3.8) is 0 Å². The van der Waals surface area contributed by atoms with Gasteiger partial charge in [0.05, 0.1) is 21.0 Å². The van der Waals surface area contributed by atoms with Crippen molar-refractivity contribution in [2.45, 2.75) is 99.7 Å². The largest absolute Gasteiger partial charge is 0.744 e. The quantitative estimate of drug-likeness (QED) is 0.0358. The minimum absolute atomic E-state index is 0.137. The number of unbranched alkanes of at least 4 members (excludes halogenated alkanes) is 4. The highest BCUT2D eigenvalue weighted by atomic mass is 32.2. The van der Waals surface area contributed by atoms with Crippen molar-refractivity contribution in [1.29, 1.82) is 0 Å². The van der Waals surface area contributed by atoms with E-state index >= 15 is 0 Å². The van der Waals surface area contributed by atoms with Crippen LogP contribution in [0, 0.1) is 0 Å². The van der Waals surface area contributed by atoms with Gasteiger partial charge in [0.1, 0.15) is 15.9 Å². The van der Waals surface area contributed by atoms with Gasteiger partial charge in [-0.25, -0.2) is 8.42 Å². The van der Waals surface area contributed by atoms with Gasteiger partial charge >= 0.3 is 0 Å². The standard InChI is InChI=1S/C46H58N4O15S4/c1-45(2)36-31-34(68(60,61)62)19-21-38(36)48(27-29-66(54,55)56)40(45)16-11-14-33(13-7-8-18-42(51)47-25-9-5-6-10-26-50-43(52)23-24-44(50)53)15-12-17-41-46(3,4)37-32-35(69(63,64)65)20-22-39(37)49(41)28-30-67(57,58)59/h11-12,14-17,19-24,31-32H,5-10,13,18,25-30H2,1-4H3,(H4-,47,51,54,55,56,57,58,59,60,61,62,63,64,65). The van der Waals surface area contributed by atoms with Crippen molar-refractivity contribution in [2.75, 3.05) is 42.6 Å². The molecule has 19 nitrogen and oxygen atoms in total. The first kappa shape index (κ1) is 54.8. The van der Waals surface area contributed by atoms with E-state index in [1.807, 2.05) is 0 Å². The molecule has 0 bridgehead atoms. The fraction of sp³-hybridized carbons (Fsp3) is 0.435. The Morgan fingerprint density at radius 3 is 1.99 bits per heavy atom. The molecule has 0 atom stereocenters. The maximum Gasteiger partial charge on any atom is 0.294 e. The Morgan fingerprint density at radius 1 is 0.725 bits per heavy atom. The lowest BCUT2D eigenvalue weighted by Gasteiger charge is -2.26. The first-order chi connectivity index (χ1) is 32.0. The predicted octanol–water partition coefficient (Wildman–Crippen LogP) is 4.87. The van der Waals surface area contributed by atoms with E-state index in [2.05, 4.69) is 5.32 Å². The van der Waals surface area contributed by atoms with Gasteiger partial charge in [-0.05, 0) is 93.5 Å². The van der Waals surface area contributed by atoms with Gasteiger partial charge in [0, 0.05) is 72.7 Å². The molecule has 5 rings (SSSR count). The molecule has 3 amide bonds. The van der Waals surface area contributed by atoms with Crippen molar-refractivity contribution in [1.82, 2.24) is 10.2 Å². The molecular formula is C46H58N4O15S4. The van der Waals surface area contributed by atoms with E-state index in [0.717, 1.165) is 30.9 Å². The second kappa shape index (κ2) is 21.9. The molecule has 376 valence electrons. The Bertz CT molecular complexity index is 2990. The average Bonchev–Trinajstić information content (AvgIpc) is 3.76. The van der Waals surface area contributed by atoms with Crippen LogP contribution >= 0.6 is 0 Å². The number of carbonyl (C=O) groups is 3. The number of nitrogens with zero attached hydrogens (tertiary/aromatic N) is 3. The van der Waals surface area contributed by atoms with Crippen molar-refractivity contribution in [2.24, 2.45) is 0 Å². The van der Waals surface area contributed by atoms with Crippen molar-refractivity contribution in [3.8, 4) is 0 Å². The number of hydrogen-bond donors (Lipinski definition) is 4. The number of allylic oxidation sites excluding steroid dienone is 8. The van der Waals surface area contributed by atoms with Crippen LogP contribution < -0.4 is 10.2 Å². The molecule has 2 aromatic carbocycles. The zero-order valence-electron chi connectivity index (χ0n) is 38.7. The first-order valence-corrected chi connectivity index (χ1v) is 28.2. The molecule has 0 aliphatic carbocycles. The van der Waals surface area contributed by atoms with E-state index in [-0.39, 0.29) is 42.1 Å². The van der Waals surface area contributed by atoms with Crippen LogP contribution in [0.5, 0.6) is 0 Å². The molecule has 3 aliphatic rings. The Morgan fingerprint density at radius 2 is 1.35 bits per heavy atom. The van der Waals surface area contributed by atoms with Gasteiger partial charge in [0.25, 0.3) is 42.2 Å². The third-order valence-electron chi connectivity index (χ3n) is 12.2. The maximum absolute atomic E-state index is 12.7. The molecule has 0 fully saturated rings. The van der Waals surface area contributed by atoms with E-state index in [1.54, 1.807) is 73.6 Å². The fourth-order valence-corrected chi connectivity index (χ4v) is 10.4. The summed E-state index contributed by atoms with van der Waals surface area (Å²) >= 11 is 0. The second-order valence-electron chi connectivity index (χ2n) is 17.9. The SMILES string of the molecule is CC1(C)C(/C=C/C=C(/C=C/C=C2/N(CCS(=O)(=O)O)c3ccc(S(=O)(=O)O)cc3C2(C)C)CCCCC(=O)NCCCCCCN2C(=O)C=CC2=O)=[N+](CCS(=O)(=O)O)c2ccc(S(=O)(=O)[O-])cc21. The molecule has 0 saturated carbocycles. The van der Waals surface area contributed by atoms with Gasteiger partial charge in [0.15, 0.2) is 12.3 Å². The van der Waals surface area contributed by atoms with Crippen LogP contribution in [0.4, 0.5) is 11.4 Å². The highest BCUT2D eigenvalue weighted by Crippen LogP contribution is 2.48. The number of benzene rings is 2. The first-order valence-electron chi connectivity index (χ1n) is 22.1. The van der Waals surface area contributed by atoms with Gasteiger partial charge in [-0.2, -0.15) is 29.8 Å². The van der Waals surface area contributed by atoms with E-state index < -0.39 is 67.7 Å². The third kappa shape index (κ3) is 14.5. The van der Waals surface area contributed by atoms with Gasteiger partial charge in [0.2, 0.25) is 11.6 Å². The van der Waals surface area contributed by atoms with Gasteiger partial charge in [-0.1, -0.05) is 51.0 Å². The molecule has 3 aliphatic heterocycles. The topological polar surface area (TPSA) is 293 Å². The molecule has 0 saturated heterocycles. The summed E-state index contributed by atoms with van der Waals surface area (Å²) in [5, 5.41) is 2.92. The van der Waals surface area contributed by atoms with Crippen LogP contribution in [-0.2, 0) is 65.7 Å². The number of carbonyl (C=O) groups excluding carboxylic acids is 3. The Labute approximate surface area is 404 Å². The predicted molar refractivity (Wildman–Crippen MR) is 257 cm³/mol. The summed E-state index contributed by atoms with van der Waals surface area (Å²) in [6, 6.07) is 7.75. The molecule has 23 heteroatoms. The van der Waals surface area contributed by atoms with Crippen LogP contribution in [0.3, 0.4) is 0 Å². The summed E-state index contributed by atoms with van der Waals surface area (Å²) in [5.74, 6) is -2.07. The average molecular weight is 1040 g/mol. The third-order valence-corrected chi connectivity index (χ3v) is 15.3. The Kier molecular flexibility index (Phi) is 17.4. The molecule has 0 unspecified atom stereocenters. The molecular weight excluding hydrogens is 977 g/mol. The Balaban J connectivity index is 1.38. The van der Waals surface area contributed by atoms with Crippen LogP contribution in [0.15, 0.2) is 106 Å². The lowest BCUT2D eigenvalue weighted by molar-refractivity contribution is -0.432. The maximum atomic E-state index is 12.7. The zero-order valence-corrected chi connectivity index (χ0v) is 42.0. The van der Waals surface area contributed by atoms with E-state index in [0.29, 0.717) is 72.7 Å². The van der Waals surface area contributed by atoms with Crippen LogP contribution in [0.25, 0.3) is 0 Å². The number of amides is 3. The smallest absolute Gasteiger partial charge is 0.294 e. The summed E-state index contributed by atoms with van der Waals surface area (Å²) in [6.45, 7) is 7.54. The molecule has 4 N–H and O–H groups in total. The van der Waals surface area contributed by atoms with Crippen molar-refractivity contribution < 1.29 is 70.8 Å². The van der Waals surface area contributed by atoms with Crippen molar-refractivity contribution >= 4 is 75.3 Å². The minimum atomic E-state index is -4.84. The summed E-state index contributed by atoms with van der Waals surface area (Å²) in [5.41, 5.74) is 1.75. The second-order valence-corrected chi connectivity index (χ2v) is 23.9. The lowest BCUT2D eigenvalue weighted by Crippen LogP contribution is -2.30. The fourth-order valence-electron chi connectivity index (χ4n) is 8.60. The highest BCUT2D eigenvalue weighted by Gasteiger charge is 2.45. The molecule has 69 heavy (non-hydrogen) atoms. The van der Waals surface area contributed by atoms with E-state index in [1.165, 1.54) is 47.4 Å². The monoisotopic (exact) mass is 1030 g/mol. The number of hydrogen-bond acceptors (Lipinski definition) is 13. The summed E-state index contributed by atoms with van der Waals surface area (Å²) < 4.78 is 138. The molecule has 0 radical (unpaired) electrons. The lowest BCUT2D eigenvalue weighted by atomic mass is 9.81. The van der Waals surface area contributed by atoms with Crippen molar-refractivity contribution in [3.05, 3.63) is 107 Å². The number of fused-ring (bicyclic) bond motifs is 2. The zero-order chi connectivity index (χ0) is 51.2. The minimum Gasteiger partial charge on any atom is -0.744 e. The molecule has 3 heterocycles. The van der Waals surface area contributed by atoms with Crippen LogP contribution in [0.2, 0.25) is 0 Å². The van der Waals surface area contributed by atoms with Gasteiger partial charge < -0.3 is 14.8 Å². The number of nitrogens with one attached hydrogen (secondary N) is 1. The molecule has 0 aromatic heterocycles. The highest BCUT2D eigenvalue weighted by molar-refractivity contribution is 7.86. The van der Waals surface area contributed by atoms with E-state index in [4.69, 9.17) is 0 Å².